The maximum Gasteiger partial charge on any atom is 0.320 e. The van der Waals surface area contributed by atoms with Gasteiger partial charge in [-0.1, -0.05) is 19.0 Å². The number of morpholine rings is 1. The lowest BCUT2D eigenvalue weighted by Gasteiger charge is -2.41. The summed E-state index contributed by atoms with van der Waals surface area (Å²) < 4.78 is 10.8. The van der Waals surface area contributed by atoms with Crippen LogP contribution in [0.2, 0.25) is 0 Å². The lowest BCUT2D eigenvalue weighted by molar-refractivity contribution is 0.0355. The minimum absolute atomic E-state index is 0.177. The van der Waals surface area contributed by atoms with E-state index in [0.29, 0.717) is 32.2 Å². The first-order chi connectivity index (χ1) is 13.0. The van der Waals surface area contributed by atoms with Gasteiger partial charge in [-0.15, -0.1) is 0 Å². The lowest BCUT2D eigenvalue weighted by Crippen LogP contribution is -2.52. The number of hydrogen-bond donors (Lipinski definition) is 0. The fraction of sp³-hybridized carbons (Fsp3) is 0.842. The molecule has 1 spiro atoms. The minimum atomic E-state index is 0.177. The van der Waals surface area contributed by atoms with Crippen LogP contribution in [0.25, 0.3) is 0 Å². The Kier molecular flexibility index (Phi) is 5.11. The van der Waals surface area contributed by atoms with E-state index in [1.165, 1.54) is 0 Å². The number of amides is 2. The van der Waals surface area contributed by atoms with Gasteiger partial charge in [0.1, 0.15) is 0 Å². The first-order valence-corrected chi connectivity index (χ1v) is 10.1. The highest BCUT2D eigenvalue weighted by molar-refractivity contribution is 5.74. The number of likely N-dealkylation sites (tertiary alicyclic amines) is 2. The topological polar surface area (TPSA) is 74.9 Å². The number of hydrogen-bond acceptors (Lipinski definition) is 6. The van der Waals surface area contributed by atoms with Gasteiger partial charge in [0.05, 0.1) is 19.3 Å². The van der Waals surface area contributed by atoms with Gasteiger partial charge in [-0.25, -0.2) is 4.79 Å². The summed E-state index contributed by atoms with van der Waals surface area (Å²) in [5.41, 5.74) is 0.250. The molecular formula is C19H31N5O3. The summed E-state index contributed by atoms with van der Waals surface area (Å²) in [7, 11) is 2.15. The van der Waals surface area contributed by atoms with Gasteiger partial charge in [-0.05, 0) is 31.7 Å². The molecule has 8 heteroatoms. The van der Waals surface area contributed by atoms with Crippen molar-refractivity contribution in [3.8, 4) is 0 Å². The van der Waals surface area contributed by atoms with Crippen LogP contribution in [0.15, 0.2) is 4.52 Å². The maximum atomic E-state index is 12.7. The smallest absolute Gasteiger partial charge is 0.320 e. The Morgan fingerprint density at radius 3 is 2.44 bits per heavy atom. The fourth-order valence-electron chi connectivity index (χ4n) is 4.66. The maximum absolute atomic E-state index is 12.7. The Morgan fingerprint density at radius 1 is 1.15 bits per heavy atom. The molecule has 3 aliphatic heterocycles. The molecule has 0 bridgehead atoms. The Morgan fingerprint density at radius 2 is 1.81 bits per heavy atom. The molecule has 150 valence electrons. The number of carbonyl (C=O) groups is 1. The second-order valence-electron chi connectivity index (χ2n) is 8.65. The Balaban J connectivity index is 1.37. The van der Waals surface area contributed by atoms with Crippen LogP contribution in [0.3, 0.4) is 0 Å². The second-order valence-corrected chi connectivity index (χ2v) is 8.65. The van der Waals surface area contributed by atoms with Crippen molar-refractivity contribution in [2.75, 3.05) is 53.0 Å². The molecule has 1 unspecified atom stereocenters. The number of piperidine rings is 1. The predicted molar refractivity (Wildman–Crippen MR) is 99.4 cm³/mol. The Hall–Kier alpha value is -1.67. The van der Waals surface area contributed by atoms with Crippen molar-refractivity contribution < 1.29 is 14.1 Å². The molecule has 0 radical (unpaired) electrons. The SMILES string of the molecule is CC(C)c1nc(C2CC3(CCN(C(=O)N4CCOCC4)CC3)CN2C)no1. The van der Waals surface area contributed by atoms with E-state index in [2.05, 4.69) is 35.9 Å². The van der Waals surface area contributed by atoms with Crippen LogP contribution >= 0.6 is 0 Å². The molecule has 1 aromatic rings. The van der Waals surface area contributed by atoms with Crippen LogP contribution < -0.4 is 0 Å². The first kappa shape index (κ1) is 18.7. The zero-order chi connectivity index (χ0) is 19.0. The molecule has 0 aliphatic carbocycles. The molecule has 0 saturated carbocycles. The predicted octanol–water partition coefficient (Wildman–Crippen LogP) is 2.10. The molecule has 1 atom stereocenters. The van der Waals surface area contributed by atoms with Gasteiger partial charge in [0.2, 0.25) is 5.89 Å². The number of nitrogens with zero attached hydrogens (tertiary/aromatic N) is 5. The van der Waals surface area contributed by atoms with Crippen LogP contribution in [0.5, 0.6) is 0 Å². The largest absolute Gasteiger partial charge is 0.378 e. The van der Waals surface area contributed by atoms with Crippen molar-refractivity contribution in [3.63, 3.8) is 0 Å². The van der Waals surface area contributed by atoms with E-state index < -0.39 is 0 Å². The molecule has 27 heavy (non-hydrogen) atoms. The van der Waals surface area contributed by atoms with Gasteiger partial charge in [-0.3, -0.25) is 4.90 Å². The summed E-state index contributed by atoms with van der Waals surface area (Å²) in [6.07, 6.45) is 3.12. The van der Waals surface area contributed by atoms with Crippen molar-refractivity contribution in [2.45, 2.75) is 45.1 Å². The third-order valence-corrected chi connectivity index (χ3v) is 6.37. The highest BCUT2D eigenvalue weighted by Gasteiger charge is 2.47. The Labute approximate surface area is 160 Å². The third kappa shape index (κ3) is 3.69. The third-order valence-electron chi connectivity index (χ3n) is 6.37. The highest BCUT2D eigenvalue weighted by Crippen LogP contribution is 2.47. The van der Waals surface area contributed by atoms with Crippen molar-refractivity contribution >= 4 is 6.03 Å². The summed E-state index contributed by atoms with van der Waals surface area (Å²) in [5, 5.41) is 4.24. The zero-order valence-electron chi connectivity index (χ0n) is 16.7. The molecule has 4 rings (SSSR count). The standard InChI is InChI=1S/C19H31N5O3/c1-14(2)17-20-16(21-27-17)15-12-19(13-22(15)3)4-6-23(7-5-19)18(25)24-8-10-26-11-9-24/h14-15H,4-13H2,1-3H3. The van der Waals surface area contributed by atoms with E-state index in [0.717, 1.165) is 44.7 Å². The molecule has 3 aliphatic rings. The lowest BCUT2D eigenvalue weighted by atomic mass is 9.76. The van der Waals surface area contributed by atoms with Crippen LogP contribution in [0.4, 0.5) is 4.79 Å². The van der Waals surface area contributed by atoms with Gasteiger partial charge in [0, 0.05) is 38.6 Å². The summed E-state index contributed by atoms with van der Waals surface area (Å²) in [4.78, 5) is 23.7. The summed E-state index contributed by atoms with van der Waals surface area (Å²) >= 11 is 0. The number of ether oxygens (including phenoxy) is 1. The number of carbonyl (C=O) groups excluding carboxylic acids is 1. The minimum Gasteiger partial charge on any atom is -0.378 e. The molecule has 3 saturated heterocycles. The highest BCUT2D eigenvalue weighted by atomic mass is 16.5. The Bertz CT molecular complexity index is 662. The molecular weight excluding hydrogens is 346 g/mol. The van der Waals surface area contributed by atoms with Crippen LogP contribution in [-0.4, -0.2) is 83.9 Å². The van der Waals surface area contributed by atoms with E-state index in [9.17, 15) is 4.79 Å². The quantitative estimate of drug-likeness (QED) is 0.786. The van der Waals surface area contributed by atoms with E-state index in [4.69, 9.17) is 9.26 Å². The van der Waals surface area contributed by atoms with Crippen molar-refractivity contribution in [1.29, 1.82) is 0 Å². The molecule has 8 nitrogen and oxygen atoms in total. The van der Waals surface area contributed by atoms with Gasteiger partial charge in [0.15, 0.2) is 5.82 Å². The van der Waals surface area contributed by atoms with E-state index in [-0.39, 0.29) is 23.4 Å². The molecule has 0 aromatic carbocycles. The van der Waals surface area contributed by atoms with Crippen LogP contribution in [0.1, 0.15) is 56.8 Å². The summed E-state index contributed by atoms with van der Waals surface area (Å²) in [5.74, 6) is 1.77. The van der Waals surface area contributed by atoms with E-state index in [1.807, 2.05) is 9.80 Å². The van der Waals surface area contributed by atoms with Crippen molar-refractivity contribution in [2.24, 2.45) is 5.41 Å². The van der Waals surface area contributed by atoms with E-state index in [1.54, 1.807) is 0 Å². The van der Waals surface area contributed by atoms with Gasteiger partial charge < -0.3 is 19.1 Å². The number of aromatic nitrogens is 2. The second kappa shape index (κ2) is 7.39. The number of urea groups is 1. The van der Waals surface area contributed by atoms with Crippen LogP contribution in [-0.2, 0) is 4.74 Å². The average Bonchev–Trinajstić information content (AvgIpc) is 3.28. The van der Waals surface area contributed by atoms with Gasteiger partial charge in [-0.2, -0.15) is 4.98 Å². The van der Waals surface area contributed by atoms with Gasteiger partial charge >= 0.3 is 6.03 Å². The van der Waals surface area contributed by atoms with Crippen molar-refractivity contribution in [1.82, 2.24) is 24.8 Å². The van der Waals surface area contributed by atoms with Gasteiger partial charge in [0.25, 0.3) is 0 Å². The molecule has 0 N–H and O–H groups in total. The van der Waals surface area contributed by atoms with Crippen LogP contribution in [0, 0.1) is 5.41 Å². The first-order valence-electron chi connectivity index (χ1n) is 10.1. The molecule has 3 fully saturated rings. The molecule has 1 aromatic heterocycles. The monoisotopic (exact) mass is 377 g/mol. The number of rotatable bonds is 2. The summed E-state index contributed by atoms with van der Waals surface area (Å²) in [6, 6.07) is 0.388. The van der Waals surface area contributed by atoms with Crippen molar-refractivity contribution in [3.05, 3.63) is 11.7 Å². The average molecular weight is 377 g/mol. The molecule has 4 heterocycles. The van der Waals surface area contributed by atoms with E-state index >= 15 is 0 Å². The fourth-order valence-corrected chi connectivity index (χ4v) is 4.66. The normalized spacial score (nSPS) is 26.3. The molecule has 2 amide bonds. The zero-order valence-corrected chi connectivity index (χ0v) is 16.7. The summed E-state index contributed by atoms with van der Waals surface area (Å²) in [6.45, 7) is 9.56.